The van der Waals surface area contributed by atoms with E-state index in [-0.39, 0.29) is 0 Å². The van der Waals surface area contributed by atoms with Gasteiger partial charge >= 0.3 is 0 Å². The number of carbonyl (C=O) groups excluding carboxylic acids is 1. The van der Waals surface area contributed by atoms with Gasteiger partial charge in [0.1, 0.15) is 0 Å². The molecule has 0 aromatic rings. The van der Waals surface area contributed by atoms with Crippen LogP contribution in [-0.4, -0.2) is 54.5 Å². The topological polar surface area (TPSA) is 49.6 Å². The summed E-state index contributed by atoms with van der Waals surface area (Å²) in [7, 11) is 2.00. The van der Waals surface area contributed by atoms with Gasteiger partial charge in [0, 0.05) is 25.7 Å². The number of likely N-dealkylation sites (tertiary alicyclic amines) is 1. The molecule has 1 aliphatic carbocycles. The zero-order chi connectivity index (χ0) is 15.4. The fourth-order valence-corrected chi connectivity index (χ4v) is 3.79. The number of hydrogen-bond acceptors (Lipinski definition) is 3. The number of nitrogens with two attached hydrogens (primary N) is 1. The molecule has 1 saturated heterocycles. The van der Waals surface area contributed by atoms with Crippen molar-refractivity contribution in [1.82, 2.24) is 9.80 Å². The molecule has 4 nitrogen and oxygen atoms in total. The molecular formula is C17H33N3O. The average molecular weight is 295 g/mol. The molecule has 21 heavy (non-hydrogen) atoms. The predicted octanol–water partition coefficient (Wildman–Crippen LogP) is 2.08. The standard InChI is InChI=1S/C17H33N3O/c1-13-4-8-16(9-5-13)19(3)17(21)12-20-11-15(10-18)7-6-14(20)2/h13-16H,4-12,18H2,1-3H3. The Hall–Kier alpha value is -0.610. The summed E-state index contributed by atoms with van der Waals surface area (Å²) < 4.78 is 0. The number of carbonyl (C=O) groups is 1. The first-order valence-corrected chi connectivity index (χ1v) is 8.71. The van der Waals surface area contributed by atoms with Gasteiger partial charge in [0.05, 0.1) is 6.54 Å². The van der Waals surface area contributed by atoms with Crippen LogP contribution >= 0.6 is 0 Å². The number of nitrogens with zero attached hydrogens (tertiary/aromatic N) is 2. The summed E-state index contributed by atoms with van der Waals surface area (Å²) in [4.78, 5) is 16.9. The van der Waals surface area contributed by atoms with Gasteiger partial charge in [-0.1, -0.05) is 6.92 Å². The molecule has 2 rings (SSSR count). The fraction of sp³-hybridized carbons (Fsp3) is 0.941. The number of amides is 1. The van der Waals surface area contributed by atoms with Gasteiger partial charge in [0.25, 0.3) is 0 Å². The van der Waals surface area contributed by atoms with Crippen molar-refractivity contribution in [3.63, 3.8) is 0 Å². The molecule has 1 aliphatic heterocycles. The Balaban J connectivity index is 1.84. The zero-order valence-electron chi connectivity index (χ0n) is 14.1. The maximum atomic E-state index is 12.6. The zero-order valence-corrected chi connectivity index (χ0v) is 14.1. The first-order valence-electron chi connectivity index (χ1n) is 8.71. The summed E-state index contributed by atoms with van der Waals surface area (Å²) in [5.41, 5.74) is 5.81. The van der Waals surface area contributed by atoms with Gasteiger partial charge in [-0.25, -0.2) is 0 Å². The lowest BCUT2D eigenvalue weighted by atomic mass is 9.86. The Kier molecular flexibility index (Phi) is 6.06. The van der Waals surface area contributed by atoms with Crippen LogP contribution in [0, 0.1) is 11.8 Å². The second-order valence-electron chi connectivity index (χ2n) is 7.38. The van der Waals surface area contributed by atoms with Crippen LogP contribution in [0.25, 0.3) is 0 Å². The number of piperidine rings is 1. The Morgan fingerprint density at radius 2 is 1.81 bits per heavy atom. The minimum Gasteiger partial charge on any atom is -0.342 e. The second-order valence-corrected chi connectivity index (χ2v) is 7.38. The third kappa shape index (κ3) is 4.43. The molecule has 2 fully saturated rings. The van der Waals surface area contributed by atoms with Gasteiger partial charge in [-0.15, -0.1) is 0 Å². The third-order valence-corrected chi connectivity index (χ3v) is 5.71. The smallest absolute Gasteiger partial charge is 0.236 e. The molecule has 0 spiro atoms. The van der Waals surface area contributed by atoms with Crippen LogP contribution in [0.5, 0.6) is 0 Å². The van der Waals surface area contributed by atoms with Crippen molar-refractivity contribution in [2.24, 2.45) is 17.6 Å². The largest absolute Gasteiger partial charge is 0.342 e. The molecule has 2 N–H and O–H groups in total. The van der Waals surface area contributed by atoms with Crippen LogP contribution in [0.15, 0.2) is 0 Å². The quantitative estimate of drug-likeness (QED) is 0.864. The van der Waals surface area contributed by atoms with Crippen molar-refractivity contribution < 1.29 is 4.79 Å². The molecule has 1 amide bonds. The van der Waals surface area contributed by atoms with Gasteiger partial charge in [-0.2, -0.15) is 0 Å². The molecule has 2 aliphatic rings. The van der Waals surface area contributed by atoms with Gasteiger partial charge in [-0.05, 0) is 63.8 Å². The summed E-state index contributed by atoms with van der Waals surface area (Å²) in [5.74, 6) is 1.69. The van der Waals surface area contributed by atoms with Crippen molar-refractivity contribution in [2.45, 2.75) is 64.5 Å². The van der Waals surface area contributed by atoms with Crippen LogP contribution in [0.2, 0.25) is 0 Å². The molecule has 0 aromatic carbocycles. The highest BCUT2D eigenvalue weighted by molar-refractivity contribution is 5.78. The summed E-state index contributed by atoms with van der Waals surface area (Å²) in [6, 6.07) is 0.968. The Labute approximate surface area is 130 Å². The molecule has 0 radical (unpaired) electrons. The Morgan fingerprint density at radius 3 is 2.43 bits per heavy atom. The maximum Gasteiger partial charge on any atom is 0.236 e. The first-order chi connectivity index (χ1) is 10.0. The lowest BCUT2D eigenvalue weighted by molar-refractivity contribution is -0.135. The highest BCUT2D eigenvalue weighted by Crippen LogP contribution is 2.27. The highest BCUT2D eigenvalue weighted by Gasteiger charge is 2.29. The Bertz CT molecular complexity index is 339. The molecule has 2 unspecified atom stereocenters. The van der Waals surface area contributed by atoms with Gasteiger partial charge in [0.15, 0.2) is 0 Å². The first kappa shape index (κ1) is 16.8. The molecule has 0 aromatic heterocycles. The van der Waals surface area contributed by atoms with Crippen molar-refractivity contribution in [3.8, 4) is 0 Å². The second kappa shape index (κ2) is 7.59. The van der Waals surface area contributed by atoms with Crippen LogP contribution < -0.4 is 5.73 Å². The van der Waals surface area contributed by atoms with E-state index in [1.54, 1.807) is 0 Å². The average Bonchev–Trinajstić information content (AvgIpc) is 2.49. The van der Waals surface area contributed by atoms with E-state index in [4.69, 9.17) is 5.73 Å². The summed E-state index contributed by atoms with van der Waals surface area (Å²) >= 11 is 0. The van der Waals surface area contributed by atoms with Crippen LogP contribution in [0.3, 0.4) is 0 Å². The van der Waals surface area contributed by atoms with E-state index < -0.39 is 0 Å². The number of rotatable bonds is 4. The minimum atomic E-state index is 0.291. The summed E-state index contributed by atoms with van der Waals surface area (Å²) in [6.07, 6.45) is 7.24. The van der Waals surface area contributed by atoms with Crippen LogP contribution in [0.4, 0.5) is 0 Å². The lowest BCUT2D eigenvalue weighted by Crippen LogP contribution is -2.50. The van der Waals surface area contributed by atoms with Gasteiger partial charge in [-0.3, -0.25) is 9.69 Å². The normalized spacial score (nSPS) is 34.7. The lowest BCUT2D eigenvalue weighted by Gasteiger charge is -2.39. The molecule has 1 heterocycles. The van der Waals surface area contributed by atoms with Crippen molar-refractivity contribution in [1.29, 1.82) is 0 Å². The summed E-state index contributed by atoms with van der Waals surface area (Å²) in [5, 5.41) is 0. The van der Waals surface area contributed by atoms with E-state index in [1.807, 2.05) is 11.9 Å². The monoisotopic (exact) mass is 295 g/mol. The molecule has 0 bridgehead atoms. The van der Waals surface area contributed by atoms with Crippen molar-refractivity contribution in [3.05, 3.63) is 0 Å². The van der Waals surface area contributed by atoms with Gasteiger partial charge in [0.2, 0.25) is 5.91 Å². The molecule has 2 atom stereocenters. The SMILES string of the molecule is CC1CCC(N(C)C(=O)CN2CC(CN)CCC2C)CC1. The Morgan fingerprint density at radius 1 is 1.14 bits per heavy atom. The number of hydrogen-bond donors (Lipinski definition) is 1. The number of likely N-dealkylation sites (N-methyl/N-ethyl adjacent to an activating group) is 1. The summed E-state index contributed by atoms with van der Waals surface area (Å²) in [6.45, 7) is 6.86. The van der Waals surface area contributed by atoms with E-state index >= 15 is 0 Å². The van der Waals surface area contributed by atoms with E-state index in [0.717, 1.165) is 19.0 Å². The van der Waals surface area contributed by atoms with E-state index in [9.17, 15) is 4.79 Å². The highest BCUT2D eigenvalue weighted by atomic mass is 16.2. The predicted molar refractivity (Wildman–Crippen MR) is 87.0 cm³/mol. The van der Waals surface area contributed by atoms with Crippen LogP contribution in [-0.2, 0) is 4.79 Å². The van der Waals surface area contributed by atoms with Crippen LogP contribution in [0.1, 0.15) is 52.4 Å². The molecule has 4 heteroatoms. The molecule has 1 saturated carbocycles. The van der Waals surface area contributed by atoms with Gasteiger partial charge < -0.3 is 10.6 Å². The molecule has 122 valence electrons. The van der Waals surface area contributed by atoms with E-state index in [2.05, 4.69) is 18.7 Å². The van der Waals surface area contributed by atoms with Crippen molar-refractivity contribution >= 4 is 5.91 Å². The van der Waals surface area contributed by atoms with Crippen molar-refractivity contribution in [2.75, 3.05) is 26.7 Å². The fourth-order valence-electron chi connectivity index (χ4n) is 3.79. The minimum absolute atomic E-state index is 0.291. The van der Waals surface area contributed by atoms with E-state index in [1.165, 1.54) is 38.5 Å². The van der Waals surface area contributed by atoms with E-state index in [0.29, 0.717) is 30.5 Å². The maximum absolute atomic E-state index is 12.6. The third-order valence-electron chi connectivity index (χ3n) is 5.71. The molecular weight excluding hydrogens is 262 g/mol.